The van der Waals surface area contributed by atoms with Gasteiger partial charge in [-0.2, -0.15) is 4.98 Å². The molecule has 0 bridgehead atoms. The summed E-state index contributed by atoms with van der Waals surface area (Å²) in [5, 5.41) is 7.71. The molecule has 0 aromatic carbocycles. The van der Waals surface area contributed by atoms with E-state index in [0.29, 0.717) is 0 Å². The van der Waals surface area contributed by atoms with Crippen molar-refractivity contribution in [1.29, 1.82) is 0 Å². The van der Waals surface area contributed by atoms with Crippen molar-refractivity contribution in [3.05, 3.63) is 11.7 Å². The molecule has 21 heavy (non-hydrogen) atoms. The lowest BCUT2D eigenvalue weighted by Crippen LogP contribution is -2.40. The minimum Gasteiger partial charge on any atom is -0.367 e. The molecule has 2 aliphatic rings. The molecule has 0 saturated carbocycles. The monoisotopic (exact) mass is 293 g/mol. The smallest absolute Gasteiger partial charge is 0.233 e. The molecule has 0 radical (unpaired) electrons. The van der Waals surface area contributed by atoms with Crippen LogP contribution in [0.5, 0.6) is 0 Å². The molecule has 1 N–H and O–H groups in total. The van der Waals surface area contributed by atoms with E-state index in [0.717, 1.165) is 69.9 Å². The summed E-state index contributed by atoms with van der Waals surface area (Å²) in [7, 11) is 0. The topological polar surface area (TPSA) is 60.2 Å². The number of nitrogens with one attached hydrogen (secondary N) is 1. The Kier molecular flexibility index (Phi) is 4.31. The Hall–Kier alpha value is -0.940. The van der Waals surface area contributed by atoms with Crippen molar-refractivity contribution in [2.24, 2.45) is 0 Å². The van der Waals surface area contributed by atoms with Gasteiger partial charge in [-0.3, -0.25) is 0 Å². The van der Waals surface area contributed by atoms with Crippen molar-refractivity contribution in [3.63, 3.8) is 0 Å². The van der Waals surface area contributed by atoms with Crippen LogP contribution in [0.25, 0.3) is 0 Å². The van der Waals surface area contributed by atoms with E-state index in [1.54, 1.807) is 0 Å². The number of ether oxygens (including phenoxy) is 1. The molecule has 5 heteroatoms. The van der Waals surface area contributed by atoms with Crippen LogP contribution in [0.15, 0.2) is 4.52 Å². The molecule has 1 aromatic rings. The second kappa shape index (κ2) is 6.05. The fraction of sp³-hybridized carbons (Fsp3) is 0.875. The van der Waals surface area contributed by atoms with E-state index in [2.05, 4.69) is 24.3 Å². The van der Waals surface area contributed by atoms with Crippen molar-refractivity contribution in [2.45, 2.75) is 69.8 Å². The summed E-state index contributed by atoms with van der Waals surface area (Å²) in [5.74, 6) is 1.57. The molecule has 2 aliphatic heterocycles. The molecule has 0 aliphatic carbocycles. The maximum atomic E-state index is 5.95. The van der Waals surface area contributed by atoms with Gasteiger partial charge in [0.15, 0.2) is 0 Å². The first kappa shape index (κ1) is 15.0. The normalized spacial score (nSPS) is 29.4. The third-order valence-electron chi connectivity index (χ3n) is 5.11. The molecule has 2 fully saturated rings. The van der Waals surface area contributed by atoms with Gasteiger partial charge in [0.25, 0.3) is 0 Å². The molecular weight excluding hydrogens is 266 g/mol. The Bertz CT molecular complexity index is 454. The molecule has 5 nitrogen and oxygen atoms in total. The molecule has 2 saturated heterocycles. The van der Waals surface area contributed by atoms with Gasteiger partial charge in [0, 0.05) is 6.61 Å². The van der Waals surface area contributed by atoms with Gasteiger partial charge < -0.3 is 14.6 Å². The Morgan fingerprint density at radius 1 is 1.19 bits per heavy atom. The summed E-state index contributed by atoms with van der Waals surface area (Å²) in [6.45, 7) is 7.18. The zero-order chi connectivity index (χ0) is 14.8. The summed E-state index contributed by atoms with van der Waals surface area (Å²) in [6, 6.07) is 0. The van der Waals surface area contributed by atoms with Crippen molar-refractivity contribution in [3.8, 4) is 0 Å². The van der Waals surface area contributed by atoms with Gasteiger partial charge in [0.05, 0.1) is 5.41 Å². The third kappa shape index (κ3) is 2.86. The Morgan fingerprint density at radius 2 is 2.00 bits per heavy atom. The molecule has 118 valence electrons. The van der Waals surface area contributed by atoms with E-state index >= 15 is 0 Å². The molecular formula is C16H27N3O2. The number of hydrogen-bond acceptors (Lipinski definition) is 5. The van der Waals surface area contributed by atoms with Crippen LogP contribution < -0.4 is 5.32 Å². The Balaban J connectivity index is 1.85. The second-order valence-electron chi connectivity index (χ2n) is 6.74. The Morgan fingerprint density at radius 3 is 2.67 bits per heavy atom. The van der Waals surface area contributed by atoms with Crippen LogP contribution in [0.2, 0.25) is 0 Å². The largest absolute Gasteiger partial charge is 0.367 e. The van der Waals surface area contributed by atoms with Crippen LogP contribution in [0.1, 0.15) is 70.5 Å². The van der Waals surface area contributed by atoms with Gasteiger partial charge in [-0.05, 0) is 58.5 Å². The van der Waals surface area contributed by atoms with Crippen LogP contribution in [-0.2, 0) is 15.8 Å². The Labute approximate surface area is 126 Å². The van der Waals surface area contributed by atoms with E-state index in [9.17, 15) is 0 Å². The second-order valence-corrected chi connectivity index (χ2v) is 6.74. The minimum atomic E-state index is -0.361. The van der Waals surface area contributed by atoms with Crippen molar-refractivity contribution in [1.82, 2.24) is 15.5 Å². The maximum Gasteiger partial charge on any atom is 0.233 e. The number of rotatable bonds is 4. The van der Waals surface area contributed by atoms with Gasteiger partial charge >= 0.3 is 0 Å². The highest BCUT2D eigenvalue weighted by atomic mass is 16.5. The quantitative estimate of drug-likeness (QED) is 0.925. The average molecular weight is 293 g/mol. The SMILES string of the molecule is CCCC1(c2nc(C3(C)CCCCO3)no2)CCNCC1. The van der Waals surface area contributed by atoms with Crippen molar-refractivity contribution < 1.29 is 9.26 Å². The average Bonchev–Trinajstić information content (AvgIpc) is 3.01. The number of hydrogen-bond donors (Lipinski definition) is 1. The summed E-state index contributed by atoms with van der Waals surface area (Å²) < 4.78 is 11.7. The minimum absolute atomic E-state index is 0.0658. The highest BCUT2D eigenvalue weighted by Gasteiger charge is 2.41. The number of piperidine rings is 1. The lowest BCUT2D eigenvalue weighted by molar-refractivity contribution is -0.0770. The molecule has 1 atom stereocenters. The number of aromatic nitrogens is 2. The summed E-state index contributed by atoms with van der Waals surface area (Å²) in [6.07, 6.45) is 7.71. The molecule has 3 heterocycles. The highest BCUT2D eigenvalue weighted by molar-refractivity contribution is 5.10. The van der Waals surface area contributed by atoms with Crippen LogP contribution in [-0.4, -0.2) is 29.8 Å². The molecule has 0 amide bonds. The van der Waals surface area contributed by atoms with E-state index in [4.69, 9.17) is 14.2 Å². The summed E-state index contributed by atoms with van der Waals surface area (Å²) in [4.78, 5) is 4.79. The molecule has 1 unspecified atom stereocenters. The number of nitrogens with zero attached hydrogens (tertiary/aromatic N) is 2. The highest BCUT2D eigenvalue weighted by Crippen LogP contribution is 2.39. The molecule has 1 aromatic heterocycles. The predicted molar refractivity (Wildman–Crippen MR) is 80.1 cm³/mol. The van der Waals surface area contributed by atoms with Crippen molar-refractivity contribution >= 4 is 0 Å². The summed E-state index contributed by atoms with van der Waals surface area (Å²) in [5.41, 5.74) is -0.295. The first-order valence-corrected chi connectivity index (χ1v) is 8.38. The zero-order valence-corrected chi connectivity index (χ0v) is 13.3. The maximum absolute atomic E-state index is 5.95. The summed E-state index contributed by atoms with van der Waals surface area (Å²) >= 11 is 0. The van der Waals surface area contributed by atoms with Gasteiger partial charge in [0.1, 0.15) is 5.60 Å². The molecule has 3 rings (SSSR count). The zero-order valence-electron chi connectivity index (χ0n) is 13.3. The van der Waals surface area contributed by atoms with E-state index < -0.39 is 0 Å². The van der Waals surface area contributed by atoms with Crippen LogP contribution >= 0.6 is 0 Å². The van der Waals surface area contributed by atoms with E-state index in [-0.39, 0.29) is 11.0 Å². The molecule has 0 spiro atoms. The van der Waals surface area contributed by atoms with Crippen LogP contribution in [0, 0.1) is 0 Å². The van der Waals surface area contributed by atoms with E-state index in [1.165, 1.54) is 6.42 Å². The lowest BCUT2D eigenvalue weighted by atomic mass is 9.75. The van der Waals surface area contributed by atoms with Crippen LogP contribution in [0.3, 0.4) is 0 Å². The van der Waals surface area contributed by atoms with Crippen molar-refractivity contribution in [2.75, 3.05) is 19.7 Å². The fourth-order valence-corrected chi connectivity index (χ4v) is 3.72. The van der Waals surface area contributed by atoms with Gasteiger partial charge in [-0.15, -0.1) is 0 Å². The lowest BCUT2D eigenvalue weighted by Gasteiger charge is -2.34. The van der Waals surface area contributed by atoms with Gasteiger partial charge in [-0.25, -0.2) is 0 Å². The van der Waals surface area contributed by atoms with E-state index in [1.807, 2.05) is 0 Å². The fourth-order valence-electron chi connectivity index (χ4n) is 3.72. The first-order chi connectivity index (χ1) is 10.2. The third-order valence-corrected chi connectivity index (χ3v) is 5.11. The van der Waals surface area contributed by atoms with Crippen LogP contribution in [0.4, 0.5) is 0 Å². The van der Waals surface area contributed by atoms with Gasteiger partial charge in [0.2, 0.25) is 11.7 Å². The predicted octanol–water partition coefficient (Wildman–Crippen LogP) is 2.91. The standard InChI is InChI=1S/C16H27N3O2/c1-3-6-16(8-10-17-11-9-16)14-18-13(19-21-14)15(2)7-4-5-12-20-15/h17H,3-12H2,1-2H3. The van der Waals surface area contributed by atoms with Gasteiger partial charge in [-0.1, -0.05) is 18.5 Å². The first-order valence-electron chi connectivity index (χ1n) is 8.38.